The second kappa shape index (κ2) is 9.72. The lowest BCUT2D eigenvalue weighted by atomic mass is 9.63. The van der Waals surface area contributed by atoms with Gasteiger partial charge in [0.05, 0.1) is 33.3 Å². The number of alkyl halides is 2. The predicted molar refractivity (Wildman–Crippen MR) is 144 cm³/mol. The van der Waals surface area contributed by atoms with E-state index in [4.69, 9.17) is 0 Å². The number of aromatic nitrogens is 5. The van der Waals surface area contributed by atoms with E-state index in [-0.39, 0.29) is 17.9 Å². The molecular formula is C29H28F3N5O2S. The highest BCUT2D eigenvalue weighted by molar-refractivity contribution is 7.84. The van der Waals surface area contributed by atoms with Crippen molar-refractivity contribution in [2.75, 3.05) is 5.75 Å². The quantitative estimate of drug-likeness (QED) is 0.288. The monoisotopic (exact) mass is 567 g/mol. The van der Waals surface area contributed by atoms with Crippen molar-refractivity contribution in [1.29, 1.82) is 0 Å². The predicted octanol–water partition coefficient (Wildman–Crippen LogP) is 5.19. The average Bonchev–Trinajstić information content (AvgIpc) is 3.37. The summed E-state index contributed by atoms with van der Waals surface area (Å²) in [5.41, 5.74) is 1.43. The molecule has 2 aliphatic rings. The van der Waals surface area contributed by atoms with Crippen molar-refractivity contribution in [2.45, 2.75) is 43.7 Å². The number of pyridine rings is 1. The van der Waals surface area contributed by atoms with Gasteiger partial charge in [-0.25, -0.2) is 13.8 Å². The van der Waals surface area contributed by atoms with Crippen LogP contribution < -0.4 is 0 Å². The summed E-state index contributed by atoms with van der Waals surface area (Å²) in [6.07, 6.45) is 7.64. The van der Waals surface area contributed by atoms with Crippen LogP contribution in [0.25, 0.3) is 11.8 Å². The van der Waals surface area contributed by atoms with Crippen LogP contribution in [0.1, 0.15) is 41.9 Å². The van der Waals surface area contributed by atoms with E-state index in [0.29, 0.717) is 46.4 Å². The number of carbonyl (C=O) groups excluding carboxylic acids is 1. The molecule has 3 aromatic heterocycles. The molecule has 0 aliphatic heterocycles. The zero-order valence-electron chi connectivity index (χ0n) is 22.1. The lowest BCUT2D eigenvalue weighted by Crippen LogP contribution is -2.47. The number of carbonyl (C=O) groups is 1. The molecule has 6 rings (SSSR count). The minimum absolute atomic E-state index is 0.0302. The van der Waals surface area contributed by atoms with Crippen LogP contribution in [0.15, 0.2) is 65.5 Å². The molecular weight excluding hydrogens is 539 g/mol. The summed E-state index contributed by atoms with van der Waals surface area (Å²) in [5.74, 6) is -0.147. The molecule has 3 atom stereocenters. The average molecular weight is 568 g/mol. The van der Waals surface area contributed by atoms with Crippen LogP contribution in [-0.2, 0) is 35.1 Å². The second-order valence-electron chi connectivity index (χ2n) is 10.7. The Morgan fingerprint density at radius 2 is 1.98 bits per heavy atom. The third-order valence-electron chi connectivity index (χ3n) is 8.00. The molecule has 0 radical (unpaired) electrons. The number of allylic oxidation sites excluding steroid dienone is 1. The van der Waals surface area contributed by atoms with Gasteiger partial charge in [0.15, 0.2) is 0 Å². The summed E-state index contributed by atoms with van der Waals surface area (Å²) in [7, 11) is 0.430. The van der Waals surface area contributed by atoms with Crippen molar-refractivity contribution in [1.82, 2.24) is 24.1 Å². The van der Waals surface area contributed by atoms with Crippen LogP contribution >= 0.6 is 0 Å². The fourth-order valence-electron chi connectivity index (χ4n) is 6.06. The number of hydrogen-bond donors (Lipinski definition) is 0. The summed E-state index contributed by atoms with van der Waals surface area (Å²) in [4.78, 5) is 16.8. The minimum Gasteiger partial charge on any atom is -0.302 e. The van der Waals surface area contributed by atoms with Crippen LogP contribution in [0.3, 0.4) is 0 Å². The third kappa shape index (κ3) is 4.36. The van der Waals surface area contributed by atoms with Gasteiger partial charge >= 0.3 is 6.05 Å². The molecule has 208 valence electrons. The summed E-state index contributed by atoms with van der Waals surface area (Å²) < 4.78 is 63.1. The van der Waals surface area contributed by atoms with E-state index in [1.807, 2.05) is 6.08 Å². The van der Waals surface area contributed by atoms with Gasteiger partial charge in [0.25, 0.3) is 0 Å². The van der Waals surface area contributed by atoms with E-state index in [0.717, 1.165) is 23.0 Å². The number of fused-ring (bicyclic) bond motifs is 2. The molecule has 7 nitrogen and oxygen atoms in total. The van der Waals surface area contributed by atoms with Crippen LogP contribution in [-0.4, -0.2) is 40.4 Å². The first kappa shape index (κ1) is 26.5. The Labute approximate surface area is 231 Å². The standard InChI is InChI=1S/C29H28F3N5O2S/c1-19-13-22(9-11-33-19)29(31,32)37-26-16-28(18-38)15-20(17-40(39)27-10-12-35(2)34-27)3-4-21(28)14-25(26)36(37)24-7-5-23(30)6-8-24/h5-14,18,20H,3-4,15-17H2,1-2H3. The number of nitrogens with zero attached hydrogens (tertiary/aromatic N) is 5. The van der Waals surface area contributed by atoms with Crippen molar-refractivity contribution < 1.29 is 22.2 Å². The lowest BCUT2D eigenvalue weighted by Gasteiger charge is -2.46. The highest BCUT2D eigenvalue weighted by Gasteiger charge is 2.49. The topological polar surface area (TPSA) is 74.7 Å². The first-order valence-corrected chi connectivity index (χ1v) is 14.4. The summed E-state index contributed by atoms with van der Waals surface area (Å²) in [5, 5.41) is 4.74. The number of halogens is 3. The van der Waals surface area contributed by atoms with Crippen molar-refractivity contribution >= 4 is 23.2 Å². The van der Waals surface area contributed by atoms with Gasteiger partial charge in [0.2, 0.25) is 0 Å². The van der Waals surface area contributed by atoms with Gasteiger partial charge in [-0.1, -0.05) is 5.57 Å². The fourth-order valence-corrected chi connectivity index (χ4v) is 7.37. The van der Waals surface area contributed by atoms with Gasteiger partial charge in [-0.2, -0.15) is 13.9 Å². The first-order chi connectivity index (χ1) is 19.1. The highest BCUT2D eigenvalue weighted by Crippen LogP contribution is 2.51. The number of rotatable bonds is 7. The highest BCUT2D eigenvalue weighted by atomic mass is 32.2. The maximum Gasteiger partial charge on any atom is 0.369 e. The number of aldehydes is 1. The summed E-state index contributed by atoms with van der Waals surface area (Å²) in [6, 6.07) is 6.26. The van der Waals surface area contributed by atoms with Crippen LogP contribution in [0.2, 0.25) is 0 Å². The third-order valence-corrected chi connectivity index (χ3v) is 9.46. The van der Waals surface area contributed by atoms with E-state index in [1.54, 1.807) is 30.9 Å². The maximum atomic E-state index is 16.2. The molecule has 0 amide bonds. The van der Waals surface area contributed by atoms with Crippen molar-refractivity contribution in [3.8, 4) is 5.69 Å². The lowest BCUT2D eigenvalue weighted by molar-refractivity contribution is -0.116. The Morgan fingerprint density at radius 1 is 1.20 bits per heavy atom. The molecule has 0 spiro atoms. The minimum atomic E-state index is -3.47. The maximum absolute atomic E-state index is 16.2. The van der Waals surface area contributed by atoms with Crippen LogP contribution in [0.5, 0.6) is 0 Å². The van der Waals surface area contributed by atoms with Crippen molar-refractivity contribution in [2.24, 2.45) is 18.4 Å². The molecule has 4 aromatic rings. The van der Waals surface area contributed by atoms with Gasteiger partial charge in [-0.3, -0.25) is 13.9 Å². The Hall–Kier alpha value is -3.73. The van der Waals surface area contributed by atoms with Gasteiger partial charge in [-0.15, -0.1) is 0 Å². The second-order valence-corrected chi connectivity index (χ2v) is 12.2. The molecule has 1 fully saturated rings. The molecule has 2 aliphatic carbocycles. The number of aryl methyl sites for hydroxylation is 2. The normalized spacial score (nSPS) is 21.4. The number of hydrogen-bond acceptors (Lipinski definition) is 4. The van der Waals surface area contributed by atoms with E-state index in [2.05, 4.69) is 10.1 Å². The van der Waals surface area contributed by atoms with Gasteiger partial charge in [0.1, 0.15) is 17.1 Å². The molecule has 1 aromatic carbocycles. The Morgan fingerprint density at radius 3 is 2.65 bits per heavy atom. The zero-order valence-corrected chi connectivity index (χ0v) is 22.9. The molecule has 0 saturated heterocycles. The smallest absolute Gasteiger partial charge is 0.302 e. The van der Waals surface area contributed by atoms with E-state index in [9.17, 15) is 13.4 Å². The van der Waals surface area contributed by atoms with Gasteiger partial charge in [0, 0.05) is 42.9 Å². The molecule has 0 N–H and O–H groups in total. The Bertz CT molecular complexity index is 1650. The zero-order chi connectivity index (χ0) is 28.2. The fraction of sp³-hybridized carbons (Fsp3) is 0.345. The van der Waals surface area contributed by atoms with Crippen LogP contribution in [0, 0.1) is 24.1 Å². The van der Waals surface area contributed by atoms with E-state index in [1.165, 1.54) is 47.3 Å². The number of benzene rings is 1. The van der Waals surface area contributed by atoms with Crippen molar-refractivity contribution in [3.63, 3.8) is 0 Å². The Balaban J connectivity index is 1.40. The summed E-state index contributed by atoms with van der Waals surface area (Å²) >= 11 is 0. The Kier molecular flexibility index (Phi) is 6.44. The largest absolute Gasteiger partial charge is 0.369 e. The van der Waals surface area contributed by atoms with Crippen molar-refractivity contribution in [3.05, 3.63) is 88.9 Å². The van der Waals surface area contributed by atoms with Gasteiger partial charge in [-0.05, 0) is 80.6 Å². The SMILES string of the molecule is Cc1cc(C(F)(F)n2c3c(n2-c2ccc(F)cc2)C=C2CCC(CS(=O)c4ccn(C)n4)CC2(C=O)C3)ccn1. The molecule has 11 heteroatoms. The molecule has 40 heavy (non-hydrogen) atoms. The first-order valence-electron chi connectivity index (χ1n) is 13.1. The molecule has 3 unspecified atom stereocenters. The summed E-state index contributed by atoms with van der Waals surface area (Å²) in [6.45, 7) is 1.65. The molecule has 3 heterocycles. The van der Waals surface area contributed by atoms with E-state index < -0.39 is 28.1 Å². The van der Waals surface area contributed by atoms with Crippen LogP contribution in [0.4, 0.5) is 13.2 Å². The molecule has 1 saturated carbocycles. The van der Waals surface area contributed by atoms with Gasteiger partial charge < -0.3 is 4.79 Å². The molecule has 0 bridgehead atoms. The van der Waals surface area contributed by atoms with E-state index >= 15 is 8.78 Å².